The van der Waals surface area contributed by atoms with Crippen LogP contribution in [0.15, 0.2) is 54.6 Å². The molecule has 4 rings (SSSR count). The van der Waals surface area contributed by atoms with Crippen LogP contribution < -0.4 is 5.32 Å². The number of hydrogen-bond donors (Lipinski definition) is 1. The first-order valence-corrected chi connectivity index (χ1v) is 9.24. The molecule has 138 valence electrons. The third-order valence-electron chi connectivity index (χ3n) is 4.68. The highest BCUT2D eigenvalue weighted by atomic mass is 35.5. The number of carbonyl (C=O) groups excluding carboxylic acids is 1. The fourth-order valence-corrected chi connectivity index (χ4v) is 3.22. The van der Waals surface area contributed by atoms with E-state index >= 15 is 0 Å². The lowest BCUT2D eigenvalue weighted by atomic mass is 10.1. The van der Waals surface area contributed by atoms with Crippen LogP contribution in [0.25, 0.3) is 0 Å². The molecule has 0 aliphatic carbocycles. The topological polar surface area (TPSA) is 56.2 Å². The number of aromatic nitrogens is 2. The van der Waals surface area contributed by atoms with E-state index in [4.69, 9.17) is 16.3 Å². The molecular formula is C21H20ClN3O2. The summed E-state index contributed by atoms with van der Waals surface area (Å²) in [6.07, 6.45) is -0.0989. The number of carbonyl (C=O) groups is 1. The molecule has 1 N–H and O–H groups in total. The van der Waals surface area contributed by atoms with E-state index in [1.807, 2.05) is 60.1 Å². The highest BCUT2D eigenvalue weighted by molar-refractivity contribution is 6.30. The molecule has 1 amide bonds. The summed E-state index contributed by atoms with van der Waals surface area (Å²) in [7, 11) is 0. The van der Waals surface area contributed by atoms with Gasteiger partial charge in [-0.1, -0.05) is 53.6 Å². The molecule has 0 spiro atoms. The first-order valence-electron chi connectivity index (χ1n) is 8.86. The molecule has 0 radical (unpaired) electrons. The minimum absolute atomic E-state index is 0.0989. The Labute approximate surface area is 162 Å². The van der Waals surface area contributed by atoms with Crippen molar-refractivity contribution in [2.24, 2.45) is 0 Å². The van der Waals surface area contributed by atoms with E-state index in [1.54, 1.807) is 6.07 Å². The first kappa shape index (κ1) is 17.8. The summed E-state index contributed by atoms with van der Waals surface area (Å²) >= 11 is 5.95. The number of nitrogens with zero attached hydrogens (tertiary/aromatic N) is 2. The number of ether oxygens (including phenoxy) is 1. The maximum absolute atomic E-state index is 12.4. The van der Waals surface area contributed by atoms with Crippen molar-refractivity contribution in [3.63, 3.8) is 0 Å². The number of nitrogens with one attached hydrogen (secondary N) is 1. The maximum Gasteiger partial charge on any atom is 0.272 e. The van der Waals surface area contributed by atoms with Crippen LogP contribution in [-0.2, 0) is 24.4 Å². The van der Waals surface area contributed by atoms with Gasteiger partial charge in [0, 0.05) is 11.6 Å². The van der Waals surface area contributed by atoms with Gasteiger partial charge in [0.1, 0.15) is 6.10 Å². The van der Waals surface area contributed by atoms with Gasteiger partial charge in [-0.15, -0.1) is 0 Å². The smallest absolute Gasteiger partial charge is 0.272 e. The van der Waals surface area contributed by atoms with Crippen molar-refractivity contribution in [2.75, 3.05) is 0 Å². The van der Waals surface area contributed by atoms with Crippen LogP contribution in [0.1, 0.15) is 39.0 Å². The molecule has 6 heteroatoms. The molecule has 27 heavy (non-hydrogen) atoms. The van der Waals surface area contributed by atoms with Crippen molar-refractivity contribution in [2.45, 2.75) is 32.7 Å². The Balaban J connectivity index is 1.42. The fourth-order valence-electron chi connectivity index (χ4n) is 3.09. The van der Waals surface area contributed by atoms with Gasteiger partial charge in [-0.3, -0.25) is 9.48 Å². The molecule has 1 atom stereocenters. The van der Waals surface area contributed by atoms with E-state index in [-0.39, 0.29) is 12.0 Å². The fraction of sp³-hybridized carbons (Fsp3) is 0.238. The van der Waals surface area contributed by atoms with Gasteiger partial charge in [-0.2, -0.15) is 5.10 Å². The zero-order valence-corrected chi connectivity index (χ0v) is 15.7. The van der Waals surface area contributed by atoms with Crippen LogP contribution in [0.4, 0.5) is 0 Å². The molecule has 1 aromatic heterocycles. The first-order chi connectivity index (χ1) is 13.1. The van der Waals surface area contributed by atoms with Crippen molar-refractivity contribution < 1.29 is 9.53 Å². The van der Waals surface area contributed by atoms with E-state index in [9.17, 15) is 4.79 Å². The Bertz CT molecular complexity index is 949. The molecule has 0 saturated heterocycles. The van der Waals surface area contributed by atoms with E-state index < -0.39 is 0 Å². The Morgan fingerprint density at radius 3 is 2.70 bits per heavy atom. The van der Waals surface area contributed by atoms with Crippen LogP contribution in [0.3, 0.4) is 0 Å². The van der Waals surface area contributed by atoms with Gasteiger partial charge in [0.15, 0.2) is 5.69 Å². The lowest BCUT2D eigenvalue weighted by Crippen LogP contribution is -2.24. The minimum Gasteiger partial charge on any atom is -0.365 e. The summed E-state index contributed by atoms with van der Waals surface area (Å²) in [5.41, 5.74) is 4.62. The van der Waals surface area contributed by atoms with Gasteiger partial charge in [0.2, 0.25) is 0 Å². The van der Waals surface area contributed by atoms with Gasteiger partial charge < -0.3 is 10.1 Å². The van der Waals surface area contributed by atoms with E-state index in [2.05, 4.69) is 10.4 Å². The molecule has 0 bridgehead atoms. The predicted molar refractivity (Wildman–Crippen MR) is 104 cm³/mol. The average Bonchev–Trinajstić information content (AvgIpc) is 3.11. The van der Waals surface area contributed by atoms with Gasteiger partial charge in [0.05, 0.1) is 18.8 Å². The zero-order chi connectivity index (χ0) is 18.8. The normalized spacial score (nSPS) is 16.0. The Morgan fingerprint density at radius 1 is 1.22 bits per heavy atom. The summed E-state index contributed by atoms with van der Waals surface area (Å²) < 4.78 is 7.78. The van der Waals surface area contributed by atoms with Crippen LogP contribution in [0.2, 0.25) is 5.02 Å². The number of fused-ring (bicyclic) bond motifs is 1. The van der Waals surface area contributed by atoms with E-state index in [0.29, 0.717) is 30.4 Å². The van der Waals surface area contributed by atoms with Crippen molar-refractivity contribution in [3.05, 3.63) is 87.7 Å². The second-order valence-electron chi connectivity index (χ2n) is 6.72. The van der Waals surface area contributed by atoms with Crippen molar-refractivity contribution in [1.82, 2.24) is 15.1 Å². The molecule has 1 aliphatic heterocycles. The molecule has 1 aliphatic rings. The number of aryl methyl sites for hydroxylation is 1. The van der Waals surface area contributed by atoms with Crippen LogP contribution in [0, 0.1) is 6.92 Å². The second kappa shape index (κ2) is 7.55. The number of rotatable bonds is 4. The monoisotopic (exact) mass is 381 g/mol. The Morgan fingerprint density at radius 2 is 1.96 bits per heavy atom. The molecule has 3 aromatic rings. The molecular weight excluding hydrogens is 362 g/mol. The molecule has 1 unspecified atom stereocenters. The quantitative estimate of drug-likeness (QED) is 0.741. The van der Waals surface area contributed by atoms with Gasteiger partial charge >= 0.3 is 0 Å². The van der Waals surface area contributed by atoms with E-state index in [0.717, 1.165) is 16.8 Å². The Kier molecular flexibility index (Phi) is 4.97. The van der Waals surface area contributed by atoms with Crippen molar-refractivity contribution >= 4 is 17.5 Å². The van der Waals surface area contributed by atoms with E-state index in [1.165, 1.54) is 5.56 Å². The summed E-state index contributed by atoms with van der Waals surface area (Å²) in [6.45, 7) is 3.51. The zero-order valence-electron chi connectivity index (χ0n) is 15.0. The van der Waals surface area contributed by atoms with Gasteiger partial charge in [0.25, 0.3) is 5.91 Å². The largest absolute Gasteiger partial charge is 0.365 e. The van der Waals surface area contributed by atoms with Crippen molar-refractivity contribution in [3.8, 4) is 0 Å². The highest BCUT2D eigenvalue weighted by Gasteiger charge is 2.24. The average molecular weight is 382 g/mol. The standard InChI is InChI=1S/C21H20ClN3O2/c1-14-2-4-15(5-3-14)11-23-21(26)19-10-18-13-27-20(12-25(18)24-19)16-6-8-17(22)9-7-16/h2-10,20H,11-13H2,1H3,(H,23,26). The molecule has 5 nitrogen and oxygen atoms in total. The third-order valence-corrected chi connectivity index (χ3v) is 4.93. The van der Waals surface area contributed by atoms with Crippen LogP contribution >= 0.6 is 11.6 Å². The molecule has 0 saturated carbocycles. The lowest BCUT2D eigenvalue weighted by Gasteiger charge is -2.24. The third kappa shape index (κ3) is 4.04. The molecule has 0 fully saturated rings. The highest BCUT2D eigenvalue weighted by Crippen LogP contribution is 2.27. The molecule has 2 aromatic carbocycles. The van der Waals surface area contributed by atoms with Gasteiger partial charge in [-0.25, -0.2) is 0 Å². The molecule has 2 heterocycles. The number of hydrogen-bond acceptors (Lipinski definition) is 3. The summed E-state index contributed by atoms with van der Waals surface area (Å²) in [5, 5.41) is 8.09. The number of halogens is 1. The summed E-state index contributed by atoms with van der Waals surface area (Å²) in [6, 6.07) is 17.5. The number of amides is 1. The van der Waals surface area contributed by atoms with Crippen LogP contribution in [0.5, 0.6) is 0 Å². The Hall–Kier alpha value is -2.63. The second-order valence-corrected chi connectivity index (χ2v) is 7.16. The predicted octanol–water partition coefficient (Wildman–Crippen LogP) is 4.05. The summed E-state index contributed by atoms with van der Waals surface area (Å²) in [5.74, 6) is -0.180. The summed E-state index contributed by atoms with van der Waals surface area (Å²) in [4.78, 5) is 12.4. The van der Waals surface area contributed by atoms with Crippen LogP contribution in [-0.4, -0.2) is 15.7 Å². The lowest BCUT2D eigenvalue weighted by molar-refractivity contribution is -0.00119. The minimum atomic E-state index is -0.180. The maximum atomic E-state index is 12.4. The van der Waals surface area contributed by atoms with Gasteiger partial charge in [-0.05, 0) is 36.2 Å². The SMILES string of the molecule is Cc1ccc(CNC(=O)c2cc3n(n2)CC(c2ccc(Cl)cc2)OC3)cc1. The number of benzene rings is 2. The van der Waals surface area contributed by atoms with Crippen molar-refractivity contribution in [1.29, 1.82) is 0 Å².